The minimum absolute atomic E-state index is 0.0846. The summed E-state index contributed by atoms with van der Waals surface area (Å²) in [5.74, 6) is -0.452. The zero-order valence-corrected chi connectivity index (χ0v) is 13.0. The first kappa shape index (κ1) is 14.9. The third kappa shape index (κ3) is 2.66. The predicted molar refractivity (Wildman–Crippen MR) is 81.1 cm³/mol. The highest BCUT2D eigenvalue weighted by Crippen LogP contribution is 2.29. The molecule has 1 aliphatic heterocycles. The first-order valence-corrected chi connectivity index (χ1v) is 7.09. The van der Waals surface area contributed by atoms with Gasteiger partial charge >= 0.3 is 5.97 Å². The molecule has 3 N–H and O–H groups in total. The fourth-order valence-corrected chi connectivity index (χ4v) is 2.17. The lowest BCUT2D eigenvalue weighted by Gasteiger charge is -2.31. The van der Waals surface area contributed by atoms with E-state index in [1.807, 2.05) is 12.1 Å². The minimum Gasteiger partial charge on any atom is -0.463 e. The van der Waals surface area contributed by atoms with Gasteiger partial charge in [-0.1, -0.05) is 39.7 Å². The van der Waals surface area contributed by atoms with Crippen molar-refractivity contribution in [1.29, 1.82) is 0 Å². The summed E-state index contributed by atoms with van der Waals surface area (Å²) in [6, 6.07) is 7.14. The molecule has 20 heavy (non-hydrogen) atoms. The molecule has 0 bridgehead atoms. The third-order valence-corrected chi connectivity index (χ3v) is 3.60. The summed E-state index contributed by atoms with van der Waals surface area (Å²) < 4.78 is 6.00. The number of hydrogen-bond acceptors (Lipinski definition) is 5. The second-order valence-electron chi connectivity index (χ2n) is 4.07. The molecule has 106 valence electrons. The maximum absolute atomic E-state index is 12.3. The number of amidine groups is 1. The summed E-state index contributed by atoms with van der Waals surface area (Å²) in [5, 5.41) is 3.13. The first-order chi connectivity index (χ1) is 9.49. The highest BCUT2D eigenvalue weighted by molar-refractivity contribution is 9.10. The quantitative estimate of drug-likeness (QED) is 0.812. The lowest BCUT2D eigenvalue weighted by molar-refractivity contribution is -0.151. The number of aliphatic imine (C=N–C) groups is 1. The Morgan fingerprint density at radius 1 is 1.50 bits per heavy atom. The number of hydrogen-bond donors (Lipinski definition) is 2. The van der Waals surface area contributed by atoms with E-state index in [4.69, 9.17) is 22.1 Å². The Kier molecular flexibility index (Phi) is 4.35. The molecule has 0 saturated carbocycles. The van der Waals surface area contributed by atoms with Crippen LogP contribution in [0.15, 0.2) is 45.0 Å². The van der Waals surface area contributed by atoms with Gasteiger partial charge in [0.15, 0.2) is 0 Å². The van der Waals surface area contributed by atoms with Gasteiger partial charge in [-0.05, 0) is 19.1 Å². The van der Waals surface area contributed by atoms with Crippen molar-refractivity contribution >= 4 is 39.3 Å². The van der Waals surface area contributed by atoms with Crippen LogP contribution >= 0.6 is 27.5 Å². The molecule has 0 amide bonds. The fourth-order valence-electron chi connectivity index (χ4n) is 1.81. The van der Waals surface area contributed by atoms with E-state index >= 15 is 0 Å². The largest absolute Gasteiger partial charge is 0.463 e. The van der Waals surface area contributed by atoms with E-state index in [1.165, 1.54) is 6.20 Å². The molecule has 0 fully saturated rings. The van der Waals surface area contributed by atoms with Crippen molar-refractivity contribution in [2.24, 2.45) is 10.7 Å². The summed E-state index contributed by atoms with van der Waals surface area (Å²) in [7, 11) is 0. The van der Waals surface area contributed by atoms with Gasteiger partial charge in [0.2, 0.25) is 0 Å². The van der Waals surface area contributed by atoms with Gasteiger partial charge in [-0.15, -0.1) is 0 Å². The zero-order valence-electron chi connectivity index (χ0n) is 10.7. The maximum atomic E-state index is 12.3. The van der Waals surface area contributed by atoms with Crippen molar-refractivity contribution in [3.63, 3.8) is 0 Å². The van der Waals surface area contributed by atoms with Crippen LogP contribution in [0.1, 0.15) is 12.5 Å². The third-order valence-electron chi connectivity index (χ3n) is 2.77. The van der Waals surface area contributed by atoms with Crippen LogP contribution in [-0.4, -0.2) is 18.4 Å². The monoisotopic (exact) mass is 357 g/mol. The summed E-state index contributed by atoms with van der Waals surface area (Å²) in [4.78, 5) is 16.5. The van der Waals surface area contributed by atoms with E-state index in [0.717, 1.165) is 4.47 Å². The molecule has 1 aliphatic rings. The molecule has 5 nitrogen and oxygen atoms in total. The van der Waals surface area contributed by atoms with E-state index in [2.05, 4.69) is 26.2 Å². The number of rotatable bonds is 3. The second kappa shape index (κ2) is 5.85. The van der Waals surface area contributed by atoms with Crippen molar-refractivity contribution in [2.45, 2.75) is 12.6 Å². The molecule has 1 atom stereocenters. The number of carbonyl (C=O) groups excluding carboxylic acids is 1. The van der Waals surface area contributed by atoms with Gasteiger partial charge < -0.3 is 15.8 Å². The molecule has 0 spiro atoms. The van der Waals surface area contributed by atoms with Crippen LogP contribution in [0.4, 0.5) is 0 Å². The van der Waals surface area contributed by atoms with Gasteiger partial charge in [-0.25, -0.2) is 9.79 Å². The van der Waals surface area contributed by atoms with Crippen molar-refractivity contribution in [3.05, 3.63) is 45.5 Å². The zero-order chi connectivity index (χ0) is 14.8. The summed E-state index contributed by atoms with van der Waals surface area (Å²) in [5.41, 5.74) is 4.96. The fraction of sp³-hybridized carbons (Fsp3) is 0.231. The summed E-state index contributed by atoms with van der Waals surface area (Å²) >= 11 is 9.22. The Morgan fingerprint density at radius 3 is 2.70 bits per heavy atom. The van der Waals surface area contributed by atoms with Gasteiger partial charge in [0.05, 0.1) is 11.6 Å². The number of benzene rings is 1. The lowest BCUT2D eigenvalue weighted by Crippen LogP contribution is -2.50. The molecule has 2 rings (SSSR count). The van der Waals surface area contributed by atoms with Gasteiger partial charge in [-0.2, -0.15) is 0 Å². The van der Waals surface area contributed by atoms with E-state index < -0.39 is 11.6 Å². The van der Waals surface area contributed by atoms with Gasteiger partial charge in [-0.3, -0.25) is 0 Å². The Labute approximate surface area is 130 Å². The average molecular weight is 359 g/mol. The van der Waals surface area contributed by atoms with Crippen molar-refractivity contribution < 1.29 is 9.53 Å². The van der Waals surface area contributed by atoms with Crippen LogP contribution in [-0.2, 0) is 15.2 Å². The van der Waals surface area contributed by atoms with Crippen LogP contribution in [0.2, 0.25) is 0 Å². The molecule has 1 aromatic carbocycles. The Bertz CT molecular complexity index is 586. The highest BCUT2D eigenvalue weighted by atomic mass is 79.9. The van der Waals surface area contributed by atoms with E-state index in [1.54, 1.807) is 19.1 Å². The second-order valence-corrected chi connectivity index (χ2v) is 5.39. The van der Waals surface area contributed by atoms with Crippen LogP contribution in [0.3, 0.4) is 0 Å². The maximum Gasteiger partial charge on any atom is 0.359 e. The smallest absolute Gasteiger partial charge is 0.359 e. The molecule has 1 unspecified atom stereocenters. The number of nitrogens with two attached hydrogens (primary N) is 1. The van der Waals surface area contributed by atoms with Crippen molar-refractivity contribution in [2.75, 3.05) is 6.61 Å². The van der Waals surface area contributed by atoms with Crippen LogP contribution in [0.5, 0.6) is 0 Å². The van der Waals surface area contributed by atoms with Crippen molar-refractivity contribution in [1.82, 2.24) is 5.32 Å². The van der Waals surface area contributed by atoms with Gasteiger partial charge in [0.1, 0.15) is 5.84 Å². The lowest BCUT2D eigenvalue weighted by atomic mass is 9.99. The number of nitrogens with zero attached hydrogens (tertiary/aromatic N) is 1. The van der Waals surface area contributed by atoms with Crippen LogP contribution in [0.25, 0.3) is 0 Å². The van der Waals surface area contributed by atoms with E-state index in [9.17, 15) is 4.79 Å². The SMILES string of the molecule is CCOC(=O)C1(c2ccc(Br)cc2)N=C(N)C(Cl)=CN1. The number of halogens is 2. The number of ether oxygens (including phenoxy) is 1. The predicted octanol–water partition coefficient (Wildman–Crippen LogP) is 2.21. The Balaban J connectivity index is 2.51. The number of carbonyl (C=O) groups is 1. The summed E-state index contributed by atoms with van der Waals surface area (Å²) in [6.07, 6.45) is 1.45. The van der Waals surface area contributed by atoms with E-state index in [-0.39, 0.29) is 17.5 Å². The number of nitrogens with one attached hydrogen (secondary N) is 1. The Hall–Kier alpha value is -1.53. The van der Waals surface area contributed by atoms with Gasteiger partial charge in [0, 0.05) is 16.2 Å². The molecule has 1 heterocycles. The standard InChI is InChI=1S/C13H13BrClN3O2/c1-2-20-12(19)13(8-3-5-9(14)6-4-8)17-7-10(15)11(16)18-13/h3-7,17H,2H2,1H3,(H2,16,18). The van der Waals surface area contributed by atoms with Crippen molar-refractivity contribution in [3.8, 4) is 0 Å². The summed E-state index contributed by atoms with van der Waals surface area (Å²) in [6.45, 7) is 1.97. The highest BCUT2D eigenvalue weighted by Gasteiger charge is 2.43. The average Bonchev–Trinajstić information content (AvgIpc) is 2.43. The Morgan fingerprint density at radius 2 is 2.15 bits per heavy atom. The number of esters is 1. The molecular weight excluding hydrogens is 346 g/mol. The molecule has 1 aromatic rings. The first-order valence-electron chi connectivity index (χ1n) is 5.92. The molecular formula is C13H13BrClN3O2. The van der Waals surface area contributed by atoms with Gasteiger partial charge in [0.25, 0.3) is 5.66 Å². The minimum atomic E-state index is -1.40. The van der Waals surface area contributed by atoms with Crippen LogP contribution in [0, 0.1) is 0 Å². The van der Waals surface area contributed by atoms with Crippen LogP contribution < -0.4 is 11.1 Å². The molecule has 7 heteroatoms. The molecule has 0 saturated heterocycles. The topological polar surface area (TPSA) is 76.7 Å². The molecule has 0 radical (unpaired) electrons. The molecule has 0 aromatic heterocycles. The molecule has 0 aliphatic carbocycles. The normalized spacial score (nSPS) is 21.6. The van der Waals surface area contributed by atoms with E-state index in [0.29, 0.717) is 5.56 Å².